The Labute approximate surface area is 250 Å². The number of fused-ring (bicyclic) bond motifs is 1. The van der Waals surface area contributed by atoms with Gasteiger partial charge < -0.3 is 14.4 Å². The maximum Gasteiger partial charge on any atom is 0.339 e. The molecule has 1 atom stereocenters. The number of carbonyl (C=O) groups is 1. The molecule has 0 saturated heterocycles. The van der Waals surface area contributed by atoms with Gasteiger partial charge in [0.05, 0.1) is 22.4 Å². The molecule has 9 heteroatoms. The fraction of sp³-hybridized carbons (Fsp3) is 0.375. The number of aromatic nitrogens is 3. The summed E-state index contributed by atoms with van der Waals surface area (Å²) in [6, 6.07) is 11.6. The third-order valence-electron chi connectivity index (χ3n) is 6.87. The van der Waals surface area contributed by atoms with Gasteiger partial charge in [-0.3, -0.25) is 0 Å². The zero-order chi connectivity index (χ0) is 29.3. The molecule has 0 aliphatic carbocycles. The highest BCUT2D eigenvalue weighted by Crippen LogP contribution is 2.44. The van der Waals surface area contributed by atoms with Gasteiger partial charge in [-0.25, -0.2) is 19.7 Å². The number of benzene rings is 2. The highest BCUT2D eigenvalue weighted by atomic mass is 35.5. The number of aryl methyl sites for hydroxylation is 1. The first kappa shape index (κ1) is 29.3. The second kappa shape index (κ2) is 12.0. The van der Waals surface area contributed by atoms with Crippen molar-refractivity contribution >= 4 is 44.7 Å². The number of ether oxygens (including phenoxy) is 2. The molecule has 0 spiro atoms. The first-order valence-corrected chi connectivity index (χ1v) is 15.0. The summed E-state index contributed by atoms with van der Waals surface area (Å²) in [6.07, 6.45) is 3.98. The van der Waals surface area contributed by atoms with E-state index >= 15 is 0 Å². The van der Waals surface area contributed by atoms with Gasteiger partial charge in [0.25, 0.3) is 0 Å². The molecule has 0 N–H and O–H groups in total. The predicted molar refractivity (Wildman–Crippen MR) is 166 cm³/mol. The molecule has 0 bridgehead atoms. The second-order valence-electron chi connectivity index (χ2n) is 11.2. The lowest BCUT2D eigenvalue weighted by molar-refractivity contribution is -0.166. The normalized spacial score (nSPS) is 15.1. The minimum atomic E-state index is -0.919. The molecule has 2 aromatic carbocycles. The quantitative estimate of drug-likeness (QED) is 0.206. The van der Waals surface area contributed by atoms with E-state index in [1.165, 1.54) is 0 Å². The fourth-order valence-corrected chi connectivity index (χ4v) is 6.19. The number of esters is 1. The van der Waals surface area contributed by atoms with Crippen LogP contribution in [0.25, 0.3) is 37.6 Å². The number of halogens is 1. The lowest BCUT2D eigenvalue weighted by Gasteiger charge is -2.29. The van der Waals surface area contributed by atoms with Crippen LogP contribution in [0.1, 0.15) is 57.2 Å². The van der Waals surface area contributed by atoms with E-state index in [-0.39, 0.29) is 6.61 Å². The predicted octanol–water partition coefficient (Wildman–Crippen LogP) is 7.52. The average Bonchev–Trinajstić information content (AvgIpc) is 3.35. The van der Waals surface area contributed by atoms with Crippen LogP contribution in [-0.4, -0.2) is 58.2 Å². The average molecular weight is 591 g/mol. The van der Waals surface area contributed by atoms with Gasteiger partial charge in [-0.1, -0.05) is 29.8 Å². The molecule has 0 radical (unpaired) electrons. The van der Waals surface area contributed by atoms with E-state index < -0.39 is 17.7 Å². The summed E-state index contributed by atoms with van der Waals surface area (Å²) in [6.45, 7) is 11.7. The SMILES string of the molecule is CCOC(=O)C(OC(C)(C)C)c1c(C)cc2nc(-c3ccnc(C4=CCN(C)CC4)n3)sc2c1-c1ccc(Cl)cc1. The zero-order valence-corrected chi connectivity index (χ0v) is 25.9. The topological polar surface area (TPSA) is 77.4 Å². The third-order valence-corrected chi connectivity index (χ3v) is 8.23. The second-order valence-corrected chi connectivity index (χ2v) is 12.7. The van der Waals surface area contributed by atoms with Gasteiger partial charge in [-0.05, 0) is 89.1 Å². The maximum atomic E-state index is 13.4. The Balaban J connectivity index is 1.70. The van der Waals surface area contributed by atoms with Crippen LogP contribution >= 0.6 is 22.9 Å². The first-order valence-electron chi connectivity index (χ1n) is 13.8. The monoisotopic (exact) mass is 590 g/mol. The highest BCUT2D eigenvalue weighted by Gasteiger charge is 2.33. The van der Waals surface area contributed by atoms with E-state index in [2.05, 4.69) is 23.0 Å². The van der Waals surface area contributed by atoms with E-state index in [1.807, 2.05) is 64.1 Å². The van der Waals surface area contributed by atoms with Crippen LogP contribution in [0.4, 0.5) is 0 Å². The Morgan fingerprint density at radius 1 is 1.17 bits per heavy atom. The Morgan fingerprint density at radius 3 is 2.59 bits per heavy atom. The molecule has 0 amide bonds. The van der Waals surface area contributed by atoms with Crippen molar-refractivity contribution in [2.24, 2.45) is 0 Å². The standard InChI is InChI=1S/C32H35ClN4O3S/c1-7-39-31(38)27(40-32(3,4)5)25-19(2)18-24-28(26(25)20-8-10-22(33)11-9-20)41-30(36-24)23-12-15-34-29(35-23)21-13-16-37(6)17-14-21/h8-13,15,18,27H,7,14,16-17H2,1-6H3. The summed E-state index contributed by atoms with van der Waals surface area (Å²) >= 11 is 7.82. The molecule has 0 saturated carbocycles. The van der Waals surface area contributed by atoms with Crippen molar-refractivity contribution in [1.29, 1.82) is 0 Å². The molecule has 1 aliphatic heterocycles. The molecule has 3 heterocycles. The first-order chi connectivity index (χ1) is 19.5. The molecule has 5 rings (SSSR count). The maximum absolute atomic E-state index is 13.4. The number of hydrogen-bond donors (Lipinski definition) is 0. The van der Waals surface area contributed by atoms with Gasteiger partial charge in [0.2, 0.25) is 0 Å². The molecule has 4 aromatic rings. The minimum Gasteiger partial charge on any atom is -0.464 e. The molecule has 0 fully saturated rings. The van der Waals surface area contributed by atoms with Crippen molar-refractivity contribution in [2.75, 3.05) is 26.7 Å². The Bertz CT molecular complexity index is 1610. The van der Waals surface area contributed by atoms with Crippen LogP contribution in [0.3, 0.4) is 0 Å². The molecule has 7 nitrogen and oxygen atoms in total. The summed E-state index contributed by atoms with van der Waals surface area (Å²) in [5.41, 5.74) is 5.62. The van der Waals surface area contributed by atoms with Crippen molar-refractivity contribution in [3.8, 4) is 21.8 Å². The van der Waals surface area contributed by atoms with E-state index in [0.29, 0.717) is 5.02 Å². The number of rotatable bonds is 7. The number of likely N-dealkylation sites (N-methyl/N-ethyl adjacent to an activating group) is 1. The fourth-order valence-electron chi connectivity index (χ4n) is 4.96. The number of nitrogens with zero attached hydrogens (tertiary/aromatic N) is 4. The molecule has 41 heavy (non-hydrogen) atoms. The van der Waals surface area contributed by atoms with E-state index in [0.717, 1.165) is 74.1 Å². The Kier molecular flexibility index (Phi) is 8.57. The molecule has 2 aromatic heterocycles. The minimum absolute atomic E-state index is 0.258. The Morgan fingerprint density at radius 2 is 1.93 bits per heavy atom. The van der Waals surface area contributed by atoms with Crippen LogP contribution in [0, 0.1) is 6.92 Å². The lowest BCUT2D eigenvalue weighted by Crippen LogP contribution is -2.29. The number of thiazole rings is 1. The Hall–Kier alpha value is -3.17. The van der Waals surface area contributed by atoms with Crippen molar-refractivity contribution in [1.82, 2.24) is 19.9 Å². The van der Waals surface area contributed by atoms with Gasteiger partial charge in [0, 0.05) is 35.4 Å². The van der Waals surface area contributed by atoms with Gasteiger partial charge in [0.15, 0.2) is 11.9 Å². The van der Waals surface area contributed by atoms with Gasteiger partial charge in [-0.2, -0.15) is 0 Å². The van der Waals surface area contributed by atoms with Crippen LogP contribution in [0.2, 0.25) is 5.02 Å². The summed E-state index contributed by atoms with van der Waals surface area (Å²) in [7, 11) is 2.11. The van der Waals surface area contributed by atoms with Crippen molar-refractivity contribution < 1.29 is 14.3 Å². The van der Waals surface area contributed by atoms with Crippen LogP contribution in [-0.2, 0) is 14.3 Å². The van der Waals surface area contributed by atoms with Crippen LogP contribution in [0.15, 0.2) is 48.7 Å². The van der Waals surface area contributed by atoms with E-state index in [1.54, 1.807) is 24.5 Å². The molecule has 214 valence electrons. The summed E-state index contributed by atoms with van der Waals surface area (Å²) in [5, 5.41) is 1.42. The largest absolute Gasteiger partial charge is 0.464 e. The highest BCUT2D eigenvalue weighted by molar-refractivity contribution is 7.22. The van der Waals surface area contributed by atoms with Crippen molar-refractivity contribution in [3.63, 3.8) is 0 Å². The smallest absolute Gasteiger partial charge is 0.339 e. The van der Waals surface area contributed by atoms with Crippen molar-refractivity contribution in [3.05, 3.63) is 70.6 Å². The summed E-state index contributed by atoms with van der Waals surface area (Å²) in [5.74, 6) is 0.322. The summed E-state index contributed by atoms with van der Waals surface area (Å²) < 4.78 is 12.8. The molecule has 1 aliphatic rings. The van der Waals surface area contributed by atoms with Gasteiger partial charge in [-0.15, -0.1) is 11.3 Å². The molecule has 1 unspecified atom stereocenters. The summed E-state index contributed by atoms with van der Waals surface area (Å²) in [4.78, 5) is 30.1. The van der Waals surface area contributed by atoms with Gasteiger partial charge in [0.1, 0.15) is 10.7 Å². The molecular formula is C32H35ClN4O3S. The molecular weight excluding hydrogens is 556 g/mol. The van der Waals surface area contributed by atoms with Crippen LogP contribution in [0.5, 0.6) is 0 Å². The lowest BCUT2D eigenvalue weighted by atomic mass is 9.91. The van der Waals surface area contributed by atoms with Crippen LogP contribution < -0.4 is 0 Å². The third kappa shape index (κ3) is 6.51. The van der Waals surface area contributed by atoms with E-state index in [9.17, 15) is 4.79 Å². The van der Waals surface area contributed by atoms with Crippen molar-refractivity contribution in [2.45, 2.75) is 52.7 Å². The number of hydrogen-bond acceptors (Lipinski definition) is 8. The van der Waals surface area contributed by atoms with Gasteiger partial charge >= 0.3 is 5.97 Å². The zero-order valence-electron chi connectivity index (χ0n) is 24.3. The van der Waals surface area contributed by atoms with E-state index in [4.69, 9.17) is 31.0 Å². The number of carbonyl (C=O) groups excluding carboxylic acids is 1.